The third-order valence-corrected chi connectivity index (χ3v) is 3.84. The Morgan fingerprint density at radius 2 is 2.21 bits per heavy atom. The molecule has 128 valence electrons. The second-order valence-electron chi connectivity index (χ2n) is 5.54. The quantitative estimate of drug-likeness (QED) is 0.935. The molecule has 0 aliphatic carbocycles. The second-order valence-corrected chi connectivity index (χ2v) is 5.54. The van der Waals surface area contributed by atoms with Crippen molar-refractivity contribution in [3.63, 3.8) is 0 Å². The average molecular weight is 334 g/mol. The zero-order valence-electron chi connectivity index (χ0n) is 13.5. The number of nitrogens with zero attached hydrogens (tertiary/aromatic N) is 1. The third kappa shape index (κ3) is 3.51. The van der Waals surface area contributed by atoms with Gasteiger partial charge in [-0.15, -0.1) is 0 Å². The highest BCUT2D eigenvalue weighted by atomic mass is 19.1. The molecule has 0 saturated carbocycles. The lowest BCUT2D eigenvalue weighted by molar-refractivity contribution is 0.00710. The van der Waals surface area contributed by atoms with E-state index in [1.807, 2.05) is 19.1 Å². The Hall–Kier alpha value is -2.54. The number of benzene rings is 1. The predicted molar refractivity (Wildman–Crippen MR) is 85.7 cm³/mol. The molecule has 1 aliphatic rings. The Labute approximate surface area is 139 Å². The first-order valence-electron chi connectivity index (χ1n) is 7.63. The van der Waals surface area contributed by atoms with Crippen LogP contribution >= 0.6 is 0 Å². The Balaban J connectivity index is 1.78. The Morgan fingerprint density at radius 3 is 2.92 bits per heavy atom. The van der Waals surface area contributed by atoms with Crippen molar-refractivity contribution in [1.82, 2.24) is 4.90 Å². The molecule has 1 N–H and O–H groups in total. The molecule has 24 heavy (non-hydrogen) atoms. The maximum absolute atomic E-state index is 13.6. The average Bonchev–Trinajstić information content (AvgIpc) is 3.00. The van der Waals surface area contributed by atoms with E-state index in [4.69, 9.17) is 13.9 Å². The Morgan fingerprint density at radius 1 is 1.38 bits per heavy atom. The second kappa shape index (κ2) is 6.92. The highest BCUT2D eigenvalue weighted by Gasteiger charge is 2.31. The van der Waals surface area contributed by atoms with E-state index in [0.717, 1.165) is 5.76 Å². The summed E-state index contributed by atoms with van der Waals surface area (Å²) in [4.78, 5) is 14.2. The highest BCUT2D eigenvalue weighted by molar-refractivity contribution is 5.90. The minimum absolute atomic E-state index is 0.317. The van der Waals surface area contributed by atoms with Crippen molar-refractivity contribution in [3.8, 4) is 5.75 Å². The van der Waals surface area contributed by atoms with Crippen LogP contribution < -0.4 is 10.1 Å². The predicted octanol–water partition coefficient (Wildman–Crippen LogP) is 3.34. The van der Waals surface area contributed by atoms with Crippen molar-refractivity contribution in [2.75, 3.05) is 32.2 Å². The van der Waals surface area contributed by atoms with Gasteiger partial charge in [-0.1, -0.05) is 0 Å². The maximum Gasteiger partial charge on any atom is 0.322 e. The molecule has 6 nitrogen and oxygen atoms in total. The Bertz CT molecular complexity index is 731. The molecule has 0 radical (unpaired) electrons. The monoisotopic (exact) mass is 334 g/mol. The fraction of sp³-hybridized carbons (Fsp3) is 0.353. The van der Waals surface area contributed by atoms with Crippen molar-refractivity contribution in [2.45, 2.75) is 13.0 Å². The number of ether oxygens (including phenoxy) is 2. The number of methoxy groups -OCH3 is 1. The van der Waals surface area contributed by atoms with Gasteiger partial charge in [0.15, 0.2) is 0 Å². The van der Waals surface area contributed by atoms with E-state index in [9.17, 15) is 9.18 Å². The molecule has 2 heterocycles. The number of aryl methyl sites for hydroxylation is 1. The van der Waals surface area contributed by atoms with Crippen molar-refractivity contribution < 1.29 is 23.1 Å². The SMILES string of the molecule is COc1cc(F)cc(NC(=O)N2CCOC[C@@H]2c2ccc(C)o2)c1. The molecule has 1 aliphatic heterocycles. The molecule has 0 unspecified atom stereocenters. The lowest BCUT2D eigenvalue weighted by Crippen LogP contribution is -2.45. The van der Waals surface area contributed by atoms with Gasteiger partial charge in [0.25, 0.3) is 0 Å². The Kier molecular flexibility index (Phi) is 4.71. The van der Waals surface area contributed by atoms with Crippen molar-refractivity contribution in [1.29, 1.82) is 0 Å². The van der Waals surface area contributed by atoms with Gasteiger partial charge in [-0.05, 0) is 25.1 Å². The van der Waals surface area contributed by atoms with E-state index in [1.165, 1.54) is 19.2 Å². The molecule has 0 spiro atoms. The minimum atomic E-state index is -0.482. The number of anilines is 1. The fourth-order valence-electron chi connectivity index (χ4n) is 2.66. The smallest absolute Gasteiger partial charge is 0.322 e. The van der Waals surface area contributed by atoms with Gasteiger partial charge in [0.2, 0.25) is 0 Å². The first kappa shape index (κ1) is 16.3. The normalized spacial score (nSPS) is 17.6. The van der Waals surface area contributed by atoms with Gasteiger partial charge < -0.3 is 24.1 Å². The van der Waals surface area contributed by atoms with Crippen molar-refractivity contribution in [3.05, 3.63) is 47.7 Å². The van der Waals surface area contributed by atoms with Gasteiger partial charge in [-0.2, -0.15) is 0 Å². The zero-order valence-corrected chi connectivity index (χ0v) is 13.5. The molecule has 7 heteroatoms. The van der Waals surface area contributed by atoms with E-state index >= 15 is 0 Å². The van der Waals surface area contributed by atoms with Crippen LogP contribution in [-0.2, 0) is 4.74 Å². The number of furan rings is 1. The number of carbonyl (C=O) groups is 1. The van der Waals surface area contributed by atoms with Gasteiger partial charge in [0.1, 0.15) is 29.1 Å². The summed E-state index contributed by atoms with van der Waals surface area (Å²) < 4.78 is 29.7. The number of hydrogen-bond donors (Lipinski definition) is 1. The van der Waals surface area contributed by atoms with Crippen LogP contribution in [0, 0.1) is 12.7 Å². The highest BCUT2D eigenvalue weighted by Crippen LogP contribution is 2.27. The van der Waals surface area contributed by atoms with Gasteiger partial charge in [-0.25, -0.2) is 9.18 Å². The van der Waals surface area contributed by atoms with Crippen molar-refractivity contribution >= 4 is 11.7 Å². The summed E-state index contributed by atoms with van der Waals surface area (Å²) in [6.45, 7) is 3.06. The molecule has 1 saturated heterocycles. The van der Waals surface area contributed by atoms with Crippen molar-refractivity contribution in [2.24, 2.45) is 0 Å². The summed E-state index contributed by atoms with van der Waals surface area (Å²) in [5.74, 6) is 1.29. The van der Waals surface area contributed by atoms with Crippen LogP contribution in [0.5, 0.6) is 5.75 Å². The van der Waals surface area contributed by atoms with E-state index in [2.05, 4.69) is 5.32 Å². The van der Waals surface area contributed by atoms with E-state index in [0.29, 0.717) is 37.0 Å². The summed E-state index contributed by atoms with van der Waals surface area (Å²) in [7, 11) is 1.44. The number of urea groups is 1. The summed E-state index contributed by atoms with van der Waals surface area (Å²) in [6, 6.07) is 7.07. The number of carbonyl (C=O) groups excluding carboxylic acids is 1. The zero-order chi connectivity index (χ0) is 17.1. The first-order chi connectivity index (χ1) is 11.6. The van der Waals surface area contributed by atoms with Crippen LogP contribution in [-0.4, -0.2) is 37.8 Å². The van der Waals surface area contributed by atoms with Gasteiger partial charge in [0.05, 0.1) is 20.3 Å². The molecule has 2 aromatic rings. The van der Waals surface area contributed by atoms with Crippen LogP contribution in [0.25, 0.3) is 0 Å². The van der Waals surface area contributed by atoms with E-state index in [1.54, 1.807) is 11.0 Å². The van der Waals surface area contributed by atoms with Crippen LogP contribution in [0.1, 0.15) is 17.6 Å². The number of amides is 2. The summed E-state index contributed by atoms with van der Waals surface area (Å²) in [5.41, 5.74) is 0.331. The first-order valence-corrected chi connectivity index (χ1v) is 7.63. The van der Waals surface area contributed by atoms with E-state index in [-0.39, 0.29) is 12.1 Å². The molecule has 1 aromatic carbocycles. The summed E-state index contributed by atoms with van der Waals surface area (Å²) in [6.07, 6.45) is 0. The molecular formula is C17H19FN2O4. The number of morpholine rings is 1. The number of rotatable bonds is 3. The molecule has 0 bridgehead atoms. The van der Waals surface area contributed by atoms with E-state index < -0.39 is 5.82 Å². The molecule has 3 rings (SSSR count). The number of nitrogens with one attached hydrogen (secondary N) is 1. The van der Waals surface area contributed by atoms with Gasteiger partial charge in [0, 0.05) is 24.4 Å². The molecule has 2 amide bonds. The molecule has 1 aromatic heterocycles. The molecular weight excluding hydrogens is 315 g/mol. The van der Waals surface area contributed by atoms with Crippen LogP contribution in [0.15, 0.2) is 34.7 Å². The lowest BCUT2D eigenvalue weighted by Gasteiger charge is -2.34. The van der Waals surface area contributed by atoms with Gasteiger partial charge >= 0.3 is 6.03 Å². The lowest BCUT2D eigenvalue weighted by atomic mass is 10.2. The van der Waals surface area contributed by atoms with Crippen LogP contribution in [0.4, 0.5) is 14.9 Å². The number of hydrogen-bond acceptors (Lipinski definition) is 4. The summed E-state index contributed by atoms with van der Waals surface area (Å²) in [5, 5.41) is 2.70. The number of halogens is 1. The standard InChI is InChI=1S/C17H19FN2O4/c1-11-3-4-16(24-11)15-10-23-6-5-20(15)17(21)19-13-7-12(18)8-14(9-13)22-2/h3-4,7-9,15H,5-6,10H2,1-2H3,(H,19,21)/t15-/m1/s1. The molecule has 1 fully saturated rings. The third-order valence-electron chi connectivity index (χ3n) is 3.84. The van der Waals surface area contributed by atoms with Crippen LogP contribution in [0.2, 0.25) is 0 Å². The largest absolute Gasteiger partial charge is 0.497 e. The summed E-state index contributed by atoms with van der Waals surface area (Å²) >= 11 is 0. The minimum Gasteiger partial charge on any atom is -0.497 e. The topological polar surface area (TPSA) is 63.9 Å². The fourth-order valence-corrected chi connectivity index (χ4v) is 2.66. The molecule has 1 atom stereocenters. The van der Waals surface area contributed by atoms with Gasteiger partial charge in [-0.3, -0.25) is 0 Å². The van der Waals surface area contributed by atoms with Crippen LogP contribution in [0.3, 0.4) is 0 Å². The maximum atomic E-state index is 13.6.